The van der Waals surface area contributed by atoms with Gasteiger partial charge in [-0.1, -0.05) is 152 Å². The highest BCUT2D eigenvalue weighted by Crippen LogP contribution is 2.66. The number of methoxy groups -OCH3 is 1. The van der Waals surface area contributed by atoms with Crippen LogP contribution in [-0.4, -0.2) is 95.7 Å². The zero-order valence-electron chi connectivity index (χ0n) is 42.3. The summed E-state index contributed by atoms with van der Waals surface area (Å²) in [5.74, 6) is 1.74. The zero-order valence-corrected chi connectivity index (χ0v) is 43.1. The van der Waals surface area contributed by atoms with Crippen LogP contribution in [0, 0.1) is 23.7 Å². The Hall–Kier alpha value is -8.20. The van der Waals surface area contributed by atoms with Crippen LogP contribution in [0.3, 0.4) is 0 Å². The van der Waals surface area contributed by atoms with E-state index in [0.29, 0.717) is 46.6 Å². The van der Waals surface area contributed by atoms with Gasteiger partial charge in [0, 0.05) is 12.1 Å². The van der Waals surface area contributed by atoms with Crippen molar-refractivity contribution in [3.8, 4) is 17.6 Å². The number of amides is 4. The highest BCUT2D eigenvalue weighted by molar-refractivity contribution is 7.22. The molecular formula is C60H56N6O9S. The number of thiazole rings is 1. The third-order valence-corrected chi connectivity index (χ3v) is 15.2. The number of rotatable bonds is 14. The molecule has 6 aromatic carbocycles. The van der Waals surface area contributed by atoms with Gasteiger partial charge in [0.25, 0.3) is 0 Å². The van der Waals surface area contributed by atoms with Gasteiger partial charge in [-0.2, -0.15) is 0 Å². The summed E-state index contributed by atoms with van der Waals surface area (Å²) in [6, 6.07) is 42.5. The number of para-hydroxylation sites is 1. The molecule has 3 aliphatic rings. The number of anilines is 2. The summed E-state index contributed by atoms with van der Waals surface area (Å²) in [4.78, 5) is 87.0. The molecule has 7 unspecified atom stereocenters. The molecule has 0 saturated carbocycles. The maximum absolute atomic E-state index is 16.9. The standard InChI is InChI=1S/C60H56N6O9S/c1-37(2)49(55(69)73-4)62-59(72)65-46-30-29-38(20-17-31-64(3)36-39-18-8-5-9-19-39)34-44(46)60(57(65)71)48(54(68)63-58-61-45-27-14-15-28-47(45)76-58)51-56(70)75-52(41-23-12-7-13-24-41)50(40-21-10-6-11-22-40)66(51)53(60)42-25-16-26-43(35-42)74-33-32-67/h5-16,18-19,21-30,34-35,37,48-53,67H,31-33,36H2,1-4H3,(H,62,72)(H,61,63,68). The molecule has 0 aliphatic carbocycles. The van der Waals surface area contributed by atoms with Crippen molar-refractivity contribution in [1.82, 2.24) is 20.1 Å². The van der Waals surface area contributed by atoms with Crippen molar-refractivity contribution in [2.24, 2.45) is 11.8 Å². The van der Waals surface area contributed by atoms with Crippen LogP contribution in [0.2, 0.25) is 0 Å². The average Bonchev–Trinajstić information content (AvgIpc) is 4.13. The number of nitrogens with one attached hydrogen (secondary N) is 2. The quantitative estimate of drug-likeness (QED) is 0.0701. The van der Waals surface area contributed by atoms with E-state index >= 15 is 19.2 Å². The Morgan fingerprint density at radius 1 is 0.842 bits per heavy atom. The molecule has 7 aromatic rings. The van der Waals surface area contributed by atoms with Crippen LogP contribution in [0.1, 0.15) is 65.4 Å². The number of hydrogen-bond acceptors (Lipinski definition) is 13. The minimum atomic E-state index is -2.16. The fourth-order valence-corrected chi connectivity index (χ4v) is 12.0. The Kier molecular flexibility index (Phi) is 14.8. The van der Waals surface area contributed by atoms with Crippen LogP contribution in [0.4, 0.5) is 15.6 Å². The molecule has 4 heterocycles. The molecular weight excluding hydrogens is 981 g/mol. The van der Waals surface area contributed by atoms with Crippen molar-refractivity contribution < 1.29 is 43.3 Å². The largest absolute Gasteiger partial charge is 0.491 e. The molecule has 7 atom stereocenters. The van der Waals surface area contributed by atoms with Gasteiger partial charge in [-0.3, -0.25) is 24.2 Å². The lowest BCUT2D eigenvalue weighted by atomic mass is 9.65. The van der Waals surface area contributed by atoms with E-state index in [9.17, 15) is 9.90 Å². The number of carbonyl (C=O) groups is 5. The minimum absolute atomic E-state index is 0.0522. The summed E-state index contributed by atoms with van der Waals surface area (Å²) in [5, 5.41) is 16.0. The number of hydrogen-bond donors (Lipinski definition) is 3. The molecule has 4 amide bonds. The van der Waals surface area contributed by atoms with Crippen molar-refractivity contribution in [2.45, 2.75) is 56.1 Å². The smallest absolute Gasteiger partial charge is 0.329 e. The predicted molar refractivity (Wildman–Crippen MR) is 288 cm³/mol. The van der Waals surface area contributed by atoms with Crippen molar-refractivity contribution in [2.75, 3.05) is 44.1 Å². The number of benzene rings is 6. The van der Waals surface area contributed by atoms with Gasteiger partial charge in [-0.05, 0) is 83.2 Å². The summed E-state index contributed by atoms with van der Waals surface area (Å²) in [7, 11) is 3.18. The molecule has 3 aliphatic heterocycles. The second-order valence-electron chi connectivity index (χ2n) is 19.4. The summed E-state index contributed by atoms with van der Waals surface area (Å²) < 4.78 is 18.6. The van der Waals surface area contributed by atoms with Gasteiger partial charge in [0.05, 0.1) is 54.2 Å². The first-order valence-corrected chi connectivity index (χ1v) is 25.9. The van der Waals surface area contributed by atoms with E-state index in [1.54, 1.807) is 56.3 Å². The number of nitrogens with zero attached hydrogens (tertiary/aromatic N) is 4. The van der Waals surface area contributed by atoms with E-state index in [-0.39, 0.29) is 29.6 Å². The number of morpholine rings is 1. The third kappa shape index (κ3) is 9.58. The van der Waals surface area contributed by atoms with Crippen molar-refractivity contribution >= 4 is 62.2 Å². The number of fused-ring (bicyclic) bond motifs is 4. The Labute approximate surface area is 444 Å². The monoisotopic (exact) mass is 1040 g/mol. The Bertz CT molecular complexity index is 3330. The lowest BCUT2D eigenvalue weighted by Crippen LogP contribution is -2.57. The van der Waals surface area contributed by atoms with Crippen LogP contribution in [0.25, 0.3) is 10.2 Å². The second kappa shape index (κ2) is 21.9. The van der Waals surface area contributed by atoms with Crippen LogP contribution < -0.4 is 20.3 Å². The summed E-state index contributed by atoms with van der Waals surface area (Å²) >= 11 is 1.23. The van der Waals surface area contributed by atoms with Gasteiger partial charge in [0.15, 0.2) is 5.13 Å². The lowest BCUT2D eigenvalue weighted by Gasteiger charge is -2.46. The number of imide groups is 1. The van der Waals surface area contributed by atoms with Gasteiger partial charge in [-0.15, -0.1) is 0 Å². The number of aromatic nitrogens is 1. The molecule has 16 heteroatoms. The van der Waals surface area contributed by atoms with Gasteiger partial charge < -0.3 is 30.0 Å². The van der Waals surface area contributed by atoms with Crippen LogP contribution in [0.15, 0.2) is 158 Å². The molecule has 76 heavy (non-hydrogen) atoms. The Morgan fingerprint density at radius 2 is 1.53 bits per heavy atom. The first-order valence-electron chi connectivity index (χ1n) is 25.1. The maximum atomic E-state index is 16.9. The van der Waals surface area contributed by atoms with E-state index in [1.807, 2.05) is 127 Å². The number of esters is 2. The number of aliphatic hydroxyl groups excluding tert-OH is 1. The second-order valence-corrected chi connectivity index (χ2v) is 20.4. The fraction of sp³-hybridized carbons (Fsp3) is 0.267. The molecule has 10 rings (SSSR count). The number of carbonyl (C=O) groups excluding carboxylic acids is 5. The molecule has 386 valence electrons. The molecule has 15 nitrogen and oxygen atoms in total. The SMILES string of the molecule is COC(=O)C(NC(=O)N1C(=O)C2(c3cc(C#CCN(C)Cc4ccccc4)ccc31)C(C(=O)Nc1nc3ccccc3s1)C1C(=O)OC(c3ccccc3)C(c3ccccc3)N1C2c1cccc(OCCO)c1)C(C)C. The fourth-order valence-electron chi connectivity index (χ4n) is 11.1. The summed E-state index contributed by atoms with van der Waals surface area (Å²) in [6.07, 6.45) is -0.973. The highest BCUT2D eigenvalue weighted by atomic mass is 32.1. The van der Waals surface area contributed by atoms with E-state index in [0.717, 1.165) is 15.2 Å². The average molecular weight is 1040 g/mol. The number of aliphatic hydroxyl groups is 1. The van der Waals surface area contributed by atoms with Crippen LogP contribution in [0.5, 0.6) is 5.75 Å². The van der Waals surface area contributed by atoms with Crippen molar-refractivity contribution in [1.29, 1.82) is 0 Å². The number of urea groups is 1. The van der Waals surface area contributed by atoms with E-state index < -0.39 is 77.3 Å². The van der Waals surface area contributed by atoms with E-state index in [1.165, 1.54) is 18.4 Å². The highest BCUT2D eigenvalue weighted by Gasteiger charge is 2.76. The maximum Gasteiger partial charge on any atom is 0.329 e. The minimum Gasteiger partial charge on any atom is -0.491 e. The van der Waals surface area contributed by atoms with Gasteiger partial charge in [-0.25, -0.2) is 19.5 Å². The Morgan fingerprint density at radius 3 is 2.22 bits per heavy atom. The molecule has 2 saturated heterocycles. The molecule has 0 radical (unpaired) electrons. The van der Waals surface area contributed by atoms with Crippen LogP contribution in [-0.2, 0) is 40.6 Å². The molecule has 3 N–H and O–H groups in total. The zero-order chi connectivity index (χ0) is 53.1. The number of ether oxygens (including phenoxy) is 3. The van der Waals surface area contributed by atoms with Gasteiger partial charge in [0.2, 0.25) is 11.8 Å². The normalized spacial score (nSPS) is 21.1. The summed E-state index contributed by atoms with van der Waals surface area (Å²) in [5.41, 5.74) is 2.22. The summed E-state index contributed by atoms with van der Waals surface area (Å²) in [6.45, 7) is 4.14. The van der Waals surface area contributed by atoms with E-state index in [4.69, 9.17) is 19.2 Å². The van der Waals surface area contributed by atoms with E-state index in [2.05, 4.69) is 27.4 Å². The first-order chi connectivity index (χ1) is 36.9. The molecule has 1 aromatic heterocycles. The topological polar surface area (TPSA) is 180 Å². The van der Waals surface area contributed by atoms with Gasteiger partial charge in [0.1, 0.15) is 36.0 Å². The first kappa shape index (κ1) is 51.3. The van der Waals surface area contributed by atoms with Gasteiger partial charge >= 0.3 is 18.0 Å². The predicted octanol–water partition coefficient (Wildman–Crippen LogP) is 8.36. The van der Waals surface area contributed by atoms with Crippen molar-refractivity contribution in [3.63, 3.8) is 0 Å². The molecule has 0 bridgehead atoms. The third-order valence-electron chi connectivity index (χ3n) is 14.3. The van der Waals surface area contributed by atoms with Crippen molar-refractivity contribution in [3.05, 3.63) is 191 Å². The Balaban J connectivity index is 1.24. The lowest BCUT2D eigenvalue weighted by molar-refractivity contribution is -0.177. The molecule has 1 spiro atoms. The number of cyclic esters (lactones) is 1. The van der Waals surface area contributed by atoms with Crippen LogP contribution >= 0.6 is 11.3 Å². The molecule has 2 fully saturated rings.